The number of hydrogen-bond acceptors (Lipinski definition) is 4. The number of carbonyl (C=O) groups is 2. The number of benzene rings is 1. The molecule has 1 fully saturated rings. The smallest absolute Gasteiger partial charge is 0.412 e. The van der Waals surface area contributed by atoms with E-state index < -0.39 is 11.7 Å². The molecule has 0 bridgehead atoms. The number of morpholine rings is 1. The molecule has 1 heterocycles. The van der Waals surface area contributed by atoms with Gasteiger partial charge < -0.3 is 14.4 Å². The molecule has 2 atom stereocenters. The molecule has 2 rings (SSSR count). The van der Waals surface area contributed by atoms with Crippen molar-refractivity contribution in [3.8, 4) is 0 Å². The maximum absolute atomic E-state index is 12.6. The average Bonchev–Trinajstić information content (AvgIpc) is 2.44. The maximum Gasteiger partial charge on any atom is 0.412 e. The fraction of sp³-hybridized carbons (Fsp3) is 0.556. The first kappa shape index (κ1) is 18.3. The third-order valence-electron chi connectivity index (χ3n) is 3.48. The van der Waals surface area contributed by atoms with Crippen LogP contribution in [0.25, 0.3) is 0 Å². The fourth-order valence-electron chi connectivity index (χ4n) is 2.64. The predicted octanol–water partition coefficient (Wildman–Crippen LogP) is 3.28. The van der Waals surface area contributed by atoms with E-state index in [1.165, 1.54) is 0 Å². The zero-order valence-corrected chi connectivity index (χ0v) is 15.0. The van der Waals surface area contributed by atoms with Gasteiger partial charge in [-0.3, -0.25) is 10.1 Å². The third-order valence-corrected chi connectivity index (χ3v) is 3.48. The Bertz CT molecular complexity index is 582. The standard InChI is InChI=1S/C18H26N2O4/c1-12-10-20(11-13(2)23-12)16(21)14-6-8-15(9-7-14)19-17(22)24-18(3,4)5/h6-9,12-13H,10-11H2,1-5H3,(H,19,22)/t12-,13-/m1/s1. The van der Waals surface area contributed by atoms with E-state index in [-0.39, 0.29) is 18.1 Å². The summed E-state index contributed by atoms with van der Waals surface area (Å²) in [5, 5.41) is 2.65. The topological polar surface area (TPSA) is 67.9 Å². The van der Waals surface area contributed by atoms with Gasteiger partial charge in [-0.1, -0.05) is 0 Å². The van der Waals surface area contributed by atoms with Crippen molar-refractivity contribution < 1.29 is 19.1 Å². The Morgan fingerprint density at radius 2 is 1.67 bits per heavy atom. The van der Waals surface area contributed by atoms with Crippen LogP contribution in [0.1, 0.15) is 45.0 Å². The SMILES string of the molecule is C[C@@H]1CN(C(=O)c2ccc(NC(=O)OC(C)(C)C)cc2)C[C@@H](C)O1. The molecule has 1 N–H and O–H groups in total. The largest absolute Gasteiger partial charge is 0.444 e. The lowest BCUT2D eigenvalue weighted by molar-refractivity contribution is -0.0586. The van der Waals surface area contributed by atoms with Crippen LogP contribution < -0.4 is 5.32 Å². The first-order valence-electron chi connectivity index (χ1n) is 8.19. The number of nitrogens with zero attached hydrogens (tertiary/aromatic N) is 1. The number of ether oxygens (including phenoxy) is 2. The Balaban J connectivity index is 1.98. The highest BCUT2D eigenvalue weighted by Crippen LogP contribution is 2.17. The van der Waals surface area contributed by atoms with Crippen LogP contribution in [-0.2, 0) is 9.47 Å². The van der Waals surface area contributed by atoms with Gasteiger partial charge in [-0.15, -0.1) is 0 Å². The molecule has 0 spiro atoms. The van der Waals surface area contributed by atoms with E-state index in [9.17, 15) is 9.59 Å². The molecule has 0 saturated carbocycles. The van der Waals surface area contributed by atoms with Gasteiger partial charge in [0.1, 0.15) is 5.60 Å². The monoisotopic (exact) mass is 334 g/mol. The summed E-state index contributed by atoms with van der Waals surface area (Å²) in [6.45, 7) is 10.5. The van der Waals surface area contributed by atoms with Crippen molar-refractivity contribution in [3.63, 3.8) is 0 Å². The van der Waals surface area contributed by atoms with Crippen molar-refractivity contribution in [1.29, 1.82) is 0 Å². The van der Waals surface area contributed by atoms with Crippen molar-refractivity contribution in [1.82, 2.24) is 4.90 Å². The third kappa shape index (κ3) is 5.23. The molecule has 0 aromatic heterocycles. The number of nitrogens with one attached hydrogen (secondary N) is 1. The van der Waals surface area contributed by atoms with Gasteiger partial charge >= 0.3 is 6.09 Å². The second-order valence-corrected chi connectivity index (χ2v) is 7.17. The van der Waals surface area contributed by atoms with Gasteiger partial charge in [0.25, 0.3) is 5.91 Å². The molecule has 1 aliphatic rings. The van der Waals surface area contributed by atoms with E-state index in [1.54, 1.807) is 49.9 Å². The zero-order chi connectivity index (χ0) is 17.9. The highest BCUT2D eigenvalue weighted by molar-refractivity contribution is 5.95. The van der Waals surface area contributed by atoms with Crippen LogP contribution in [0, 0.1) is 0 Å². The van der Waals surface area contributed by atoms with E-state index in [1.807, 2.05) is 13.8 Å². The second kappa shape index (κ2) is 7.21. The lowest BCUT2D eigenvalue weighted by atomic mass is 10.1. The molecule has 1 aromatic rings. The Kier molecular flexibility index (Phi) is 5.49. The summed E-state index contributed by atoms with van der Waals surface area (Å²) < 4.78 is 10.8. The molecule has 2 amide bonds. The van der Waals surface area contributed by atoms with E-state index >= 15 is 0 Å². The van der Waals surface area contributed by atoms with Crippen molar-refractivity contribution in [2.45, 2.75) is 52.4 Å². The van der Waals surface area contributed by atoms with Crippen molar-refractivity contribution in [3.05, 3.63) is 29.8 Å². The summed E-state index contributed by atoms with van der Waals surface area (Å²) in [5.41, 5.74) is 0.625. The first-order chi connectivity index (χ1) is 11.1. The molecule has 1 saturated heterocycles. The van der Waals surface area contributed by atoms with E-state index in [0.717, 1.165) is 0 Å². The van der Waals surface area contributed by atoms with E-state index in [2.05, 4.69) is 5.32 Å². The quantitative estimate of drug-likeness (QED) is 0.901. The average molecular weight is 334 g/mol. The van der Waals surface area contributed by atoms with E-state index in [4.69, 9.17) is 9.47 Å². The van der Waals surface area contributed by atoms with Crippen molar-refractivity contribution in [2.75, 3.05) is 18.4 Å². The summed E-state index contributed by atoms with van der Waals surface area (Å²) in [7, 11) is 0. The van der Waals surface area contributed by atoms with Crippen LogP contribution in [0.5, 0.6) is 0 Å². The minimum Gasteiger partial charge on any atom is -0.444 e. The van der Waals surface area contributed by atoms with Crippen molar-refractivity contribution >= 4 is 17.7 Å². The van der Waals surface area contributed by atoms with Gasteiger partial charge in [0.15, 0.2) is 0 Å². The summed E-state index contributed by atoms with van der Waals surface area (Å²) in [6, 6.07) is 6.81. The number of anilines is 1. The first-order valence-corrected chi connectivity index (χ1v) is 8.19. The number of hydrogen-bond donors (Lipinski definition) is 1. The Labute approximate surface area is 143 Å². The molecule has 24 heavy (non-hydrogen) atoms. The summed E-state index contributed by atoms with van der Waals surface area (Å²) in [5.74, 6) is -0.0270. The Morgan fingerprint density at radius 1 is 1.12 bits per heavy atom. The van der Waals surface area contributed by atoms with Gasteiger partial charge in [0.05, 0.1) is 12.2 Å². The van der Waals surface area contributed by atoms with Crippen LogP contribution >= 0.6 is 0 Å². The molecule has 1 aromatic carbocycles. The highest BCUT2D eigenvalue weighted by atomic mass is 16.6. The van der Waals surface area contributed by atoms with Gasteiger partial charge in [-0.05, 0) is 58.9 Å². The summed E-state index contributed by atoms with van der Waals surface area (Å²) in [4.78, 5) is 26.1. The molecule has 132 valence electrons. The van der Waals surface area contributed by atoms with Crippen LogP contribution in [0.15, 0.2) is 24.3 Å². The minimum absolute atomic E-state index is 0.0270. The molecule has 0 unspecified atom stereocenters. The van der Waals surface area contributed by atoms with E-state index in [0.29, 0.717) is 24.3 Å². The fourth-order valence-corrected chi connectivity index (χ4v) is 2.64. The highest BCUT2D eigenvalue weighted by Gasteiger charge is 2.26. The number of rotatable bonds is 2. The zero-order valence-electron chi connectivity index (χ0n) is 15.0. The van der Waals surface area contributed by atoms with Crippen LogP contribution in [0.3, 0.4) is 0 Å². The van der Waals surface area contributed by atoms with Crippen LogP contribution in [0.4, 0.5) is 10.5 Å². The van der Waals surface area contributed by atoms with Crippen LogP contribution in [0.2, 0.25) is 0 Å². The lowest BCUT2D eigenvalue weighted by Crippen LogP contribution is -2.48. The minimum atomic E-state index is -0.552. The number of amides is 2. The molecular formula is C18H26N2O4. The van der Waals surface area contributed by atoms with Gasteiger partial charge in [0, 0.05) is 24.3 Å². The van der Waals surface area contributed by atoms with Crippen LogP contribution in [-0.4, -0.2) is 47.8 Å². The van der Waals surface area contributed by atoms with Gasteiger partial charge in [-0.2, -0.15) is 0 Å². The maximum atomic E-state index is 12.6. The Hall–Kier alpha value is -2.08. The molecule has 6 heteroatoms. The predicted molar refractivity (Wildman–Crippen MR) is 92.2 cm³/mol. The molecule has 0 radical (unpaired) electrons. The molecule has 1 aliphatic heterocycles. The number of carbonyl (C=O) groups excluding carboxylic acids is 2. The Morgan fingerprint density at radius 3 is 2.17 bits per heavy atom. The van der Waals surface area contributed by atoms with Gasteiger partial charge in [-0.25, -0.2) is 4.79 Å². The molecule has 0 aliphatic carbocycles. The lowest BCUT2D eigenvalue weighted by Gasteiger charge is -2.35. The van der Waals surface area contributed by atoms with Crippen molar-refractivity contribution in [2.24, 2.45) is 0 Å². The molecule has 6 nitrogen and oxygen atoms in total. The van der Waals surface area contributed by atoms with Gasteiger partial charge in [0.2, 0.25) is 0 Å². The summed E-state index contributed by atoms with van der Waals surface area (Å²) >= 11 is 0. The normalized spacial score (nSPS) is 21.3. The second-order valence-electron chi connectivity index (χ2n) is 7.17. The summed E-state index contributed by atoms with van der Waals surface area (Å²) in [6.07, 6.45) is -0.450. The molecular weight excluding hydrogens is 308 g/mol.